The van der Waals surface area contributed by atoms with Gasteiger partial charge in [-0.25, -0.2) is 9.55 Å². The molecule has 5 N–H and O–H groups in total. The highest BCUT2D eigenvalue weighted by molar-refractivity contribution is 5.97. The van der Waals surface area contributed by atoms with Gasteiger partial charge in [-0.15, -0.1) is 0 Å². The van der Waals surface area contributed by atoms with E-state index in [1.165, 1.54) is 16.7 Å². The second kappa shape index (κ2) is 8.30. The summed E-state index contributed by atoms with van der Waals surface area (Å²) in [4.78, 5) is 30.2. The largest absolute Gasteiger partial charge is 0.326 e. The van der Waals surface area contributed by atoms with Crippen molar-refractivity contribution in [3.05, 3.63) is 58.7 Å². The summed E-state index contributed by atoms with van der Waals surface area (Å²) in [5, 5.41) is 0. The van der Waals surface area contributed by atoms with E-state index in [9.17, 15) is 9.59 Å². The summed E-state index contributed by atoms with van der Waals surface area (Å²) >= 11 is 0. The van der Waals surface area contributed by atoms with Gasteiger partial charge in [0.1, 0.15) is 24.3 Å². The number of nitrogens with zero attached hydrogens (tertiary/aromatic N) is 2. The molecule has 1 aromatic rings. The van der Waals surface area contributed by atoms with Crippen LogP contribution in [-0.2, 0) is 9.59 Å². The zero-order valence-corrected chi connectivity index (χ0v) is 18.6. The van der Waals surface area contributed by atoms with Crippen LogP contribution in [0.4, 0.5) is 0 Å². The molecule has 1 amide bonds. The Morgan fingerprint density at radius 2 is 1.81 bits per heavy atom. The van der Waals surface area contributed by atoms with Crippen molar-refractivity contribution < 1.29 is 14.2 Å². The van der Waals surface area contributed by atoms with Crippen molar-refractivity contribution in [1.29, 1.82) is 0 Å². The van der Waals surface area contributed by atoms with E-state index >= 15 is 0 Å². The Morgan fingerprint density at radius 1 is 1.12 bits per heavy atom. The van der Waals surface area contributed by atoms with Gasteiger partial charge < -0.3 is 16.4 Å². The SMILES string of the molecule is CC1C(N)C(=O)N2CCCC2c2[nH]c(C3=CC=C(C4=CC=C(C(=O)CN)CC4)CC3)c[n+]21. The van der Waals surface area contributed by atoms with E-state index in [4.69, 9.17) is 11.5 Å². The lowest BCUT2D eigenvalue weighted by atomic mass is 9.86. The molecule has 3 heterocycles. The summed E-state index contributed by atoms with van der Waals surface area (Å²) < 4.78 is 2.19. The molecule has 32 heavy (non-hydrogen) atoms. The molecule has 0 spiro atoms. The summed E-state index contributed by atoms with van der Waals surface area (Å²) in [5.41, 5.74) is 17.7. The fourth-order valence-corrected chi connectivity index (χ4v) is 5.48. The lowest BCUT2D eigenvalue weighted by molar-refractivity contribution is -0.726. The number of allylic oxidation sites excluding steroid dienone is 7. The highest BCUT2D eigenvalue weighted by atomic mass is 16.2. The highest BCUT2D eigenvalue weighted by Gasteiger charge is 2.45. The number of Topliss-reactive ketones (excluding diaryl/α,β-unsaturated/α-hetero) is 1. The molecule has 0 radical (unpaired) electrons. The van der Waals surface area contributed by atoms with E-state index in [1.54, 1.807) is 0 Å². The van der Waals surface area contributed by atoms with Crippen molar-refractivity contribution in [2.75, 3.05) is 13.1 Å². The minimum atomic E-state index is -0.514. The Morgan fingerprint density at radius 3 is 2.47 bits per heavy atom. The van der Waals surface area contributed by atoms with E-state index in [0.717, 1.165) is 62.2 Å². The summed E-state index contributed by atoms with van der Waals surface area (Å²) in [6.07, 6.45) is 16.2. The second-order valence-corrected chi connectivity index (χ2v) is 9.31. The van der Waals surface area contributed by atoms with Gasteiger partial charge in [-0.05, 0) is 62.2 Å². The third-order valence-corrected chi connectivity index (χ3v) is 7.50. The first-order chi connectivity index (χ1) is 15.5. The molecule has 7 nitrogen and oxygen atoms in total. The van der Waals surface area contributed by atoms with Gasteiger partial charge in [-0.3, -0.25) is 9.59 Å². The average molecular weight is 435 g/mol. The molecule has 1 aromatic heterocycles. The predicted molar refractivity (Wildman–Crippen MR) is 122 cm³/mol. The number of amides is 1. The van der Waals surface area contributed by atoms with Gasteiger partial charge >= 0.3 is 0 Å². The van der Waals surface area contributed by atoms with E-state index in [1.807, 2.05) is 17.9 Å². The zero-order valence-electron chi connectivity index (χ0n) is 18.6. The van der Waals surface area contributed by atoms with Crippen LogP contribution in [0.25, 0.3) is 5.57 Å². The molecular formula is C25H32N5O2+. The minimum Gasteiger partial charge on any atom is -0.326 e. The number of carbonyl (C=O) groups excluding carboxylic acids is 2. The molecule has 4 aliphatic rings. The van der Waals surface area contributed by atoms with Crippen LogP contribution in [0.1, 0.15) is 69.1 Å². The first-order valence-corrected chi connectivity index (χ1v) is 11.7. The maximum absolute atomic E-state index is 12.8. The van der Waals surface area contributed by atoms with E-state index < -0.39 is 6.04 Å². The number of nitrogens with two attached hydrogens (primary N) is 2. The van der Waals surface area contributed by atoms with Crippen LogP contribution >= 0.6 is 0 Å². The number of imidazole rings is 1. The maximum Gasteiger partial charge on any atom is 0.278 e. The Balaban J connectivity index is 1.41. The number of aromatic nitrogens is 2. The van der Waals surface area contributed by atoms with Gasteiger partial charge in [0.05, 0.1) is 6.54 Å². The van der Waals surface area contributed by atoms with Crippen LogP contribution in [0.2, 0.25) is 0 Å². The smallest absolute Gasteiger partial charge is 0.278 e. The minimum absolute atomic E-state index is 0.0422. The number of rotatable bonds is 4. The molecule has 168 valence electrons. The molecule has 3 unspecified atom stereocenters. The van der Waals surface area contributed by atoms with Crippen LogP contribution in [0.15, 0.2) is 47.2 Å². The molecule has 5 rings (SSSR count). The fourth-order valence-electron chi connectivity index (χ4n) is 5.48. The van der Waals surface area contributed by atoms with Gasteiger partial charge in [0.2, 0.25) is 5.91 Å². The van der Waals surface area contributed by atoms with Gasteiger partial charge in [0.15, 0.2) is 11.5 Å². The molecular weight excluding hydrogens is 402 g/mol. The van der Waals surface area contributed by atoms with Crippen molar-refractivity contribution >= 4 is 17.3 Å². The summed E-state index contributed by atoms with van der Waals surface area (Å²) in [6.45, 7) is 2.90. The Labute approximate surface area is 188 Å². The van der Waals surface area contributed by atoms with Crippen LogP contribution in [0.5, 0.6) is 0 Å². The van der Waals surface area contributed by atoms with Crippen molar-refractivity contribution in [3.63, 3.8) is 0 Å². The van der Waals surface area contributed by atoms with E-state index in [2.05, 4.69) is 34.0 Å². The molecule has 2 aliphatic heterocycles. The Kier molecular flexibility index (Phi) is 5.47. The lowest BCUT2D eigenvalue weighted by Gasteiger charge is -2.21. The van der Waals surface area contributed by atoms with Crippen molar-refractivity contribution in [2.24, 2.45) is 11.5 Å². The monoisotopic (exact) mass is 434 g/mol. The summed E-state index contributed by atoms with van der Waals surface area (Å²) in [7, 11) is 0. The van der Waals surface area contributed by atoms with Crippen LogP contribution in [0.3, 0.4) is 0 Å². The van der Waals surface area contributed by atoms with E-state index in [0.29, 0.717) is 0 Å². The first kappa shape index (κ1) is 21.1. The number of fused-ring (bicyclic) bond motifs is 3. The molecule has 7 heteroatoms. The van der Waals surface area contributed by atoms with Gasteiger partial charge in [0, 0.05) is 12.1 Å². The standard InChI is InChI=1S/C25H31N5O2/c1-15-23(27)25(32)29-12-2-3-21(29)24-28-20(14-30(15)24)18-8-4-16(5-9-18)17-6-10-19(11-7-17)22(31)13-26/h4,6,8,10,14-15,21,23H,2-3,5,7,9,11-13,26-27H2,1H3/p+1. The number of hydrogen-bond acceptors (Lipinski definition) is 4. The van der Waals surface area contributed by atoms with Crippen molar-refractivity contribution in [3.8, 4) is 0 Å². The summed E-state index contributed by atoms with van der Waals surface area (Å²) in [6, 6.07) is -0.500. The van der Waals surface area contributed by atoms with Gasteiger partial charge in [-0.2, -0.15) is 0 Å². The molecule has 1 fully saturated rings. The van der Waals surface area contributed by atoms with Gasteiger partial charge in [-0.1, -0.05) is 24.3 Å². The number of nitrogens with one attached hydrogen (secondary N) is 1. The van der Waals surface area contributed by atoms with Crippen LogP contribution in [-0.4, -0.2) is 40.7 Å². The maximum atomic E-state index is 12.8. The lowest BCUT2D eigenvalue weighted by Crippen LogP contribution is -2.51. The third kappa shape index (κ3) is 3.49. The Bertz CT molecular complexity index is 1090. The number of hydrogen-bond donors (Lipinski definition) is 3. The third-order valence-electron chi connectivity index (χ3n) is 7.50. The molecule has 1 saturated heterocycles. The number of carbonyl (C=O) groups is 2. The topological polar surface area (TPSA) is 109 Å². The molecule has 3 atom stereocenters. The molecule has 0 bridgehead atoms. The Hall–Kier alpha value is -2.77. The zero-order chi connectivity index (χ0) is 22.4. The number of aromatic amines is 1. The van der Waals surface area contributed by atoms with Crippen molar-refractivity contribution in [2.45, 2.75) is 63.6 Å². The highest BCUT2D eigenvalue weighted by Crippen LogP contribution is 2.36. The van der Waals surface area contributed by atoms with Crippen molar-refractivity contribution in [1.82, 2.24) is 9.88 Å². The van der Waals surface area contributed by atoms with Crippen LogP contribution < -0.4 is 16.0 Å². The number of H-pyrrole nitrogens is 1. The molecule has 0 saturated carbocycles. The molecule has 2 aliphatic carbocycles. The van der Waals surface area contributed by atoms with Crippen LogP contribution in [0, 0.1) is 0 Å². The fraction of sp³-hybridized carbons (Fsp3) is 0.480. The van der Waals surface area contributed by atoms with E-state index in [-0.39, 0.29) is 30.3 Å². The average Bonchev–Trinajstić information content (AvgIpc) is 3.48. The normalized spacial score (nSPS) is 27.7. The summed E-state index contributed by atoms with van der Waals surface area (Å²) in [5.74, 6) is 1.20. The number of ketones is 1. The second-order valence-electron chi connectivity index (χ2n) is 9.31. The first-order valence-electron chi connectivity index (χ1n) is 11.7. The molecule has 0 aromatic carbocycles. The quantitative estimate of drug-likeness (QED) is 0.631. The predicted octanol–water partition coefficient (Wildman–Crippen LogP) is 2.15. The van der Waals surface area contributed by atoms with Gasteiger partial charge in [0.25, 0.3) is 5.82 Å².